The molecule has 0 radical (unpaired) electrons. The molecule has 11 aromatic rings. The van der Waals surface area contributed by atoms with Gasteiger partial charge < -0.3 is 13.7 Å². The minimum atomic E-state index is 0.589. The van der Waals surface area contributed by atoms with E-state index in [0.717, 1.165) is 82.8 Å². The molecule has 5 nitrogen and oxygen atoms in total. The first-order valence-electron chi connectivity index (χ1n) is 18.3. The van der Waals surface area contributed by atoms with Crippen molar-refractivity contribution >= 4 is 65.4 Å². The zero-order valence-corrected chi connectivity index (χ0v) is 29.5. The summed E-state index contributed by atoms with van der Waals surface area (Å²) in [6.45, 7) is 0. The van der Waals surface area contributed by atoms with E-state index in [4.69, 9.17) is 0 Å². The van der Waals surface area contributed by atoms with Crippen LogP contribution in [-0.2, 0) is 0 Å². The smallest absolute Gasteiger partial charge is 0.101 e. The predicted octanol–water partition coefficient (Wildman–Crippen LogP) is 12.4. The van der Waals surface area contributed by atoms with E-state index in [1.54, 1.807) is 0 Å². The summed E-state index contributed by atoms with van der Waals surface area (Å²) in [5.41, 5.74) is 12.5. The zero-order chi connectivity index (χ0) is 36.6. The van der Waals surface area contributed by atoms with Gasteiger partial charge in [0.25, 0.3) is 0 Å². The molecule has 0 atom stereocenters. The van der Waals surface area contributed by atoms with E-state index in [1.807, 2.05) is 36.4 Å². The van der Waals surface area contributed by atoms with Crippen molar-refractivity contribution in [3.8, 4) is 40.3 Å². The SMILES string of the molecule is N#Cc1ccc(-c2ccccc2-n2c3ccccc3c3c(C#N)cccc32)cc1-n1c2ccccc2c2cc(-n3c4ccccc4c4ccccc43)ccc21. The third-order valence-corrected chi connectivity index (χ3v) is 11.1. The fourth-order valence-electron chi connectivity index (χ4n) is 8.82. The molecular formula is C50H29N5. The molecule has 0 bridgehead atoms. The zero-order valence-electron chi connectivity index (χ0n) is 29.5. The van der Waals surface area contributed by atoms with Crippen molar-refractivity contribution < 1.29 is 0 Å². The Morgan fingerprint density at radius 3 is 1.56 bits per heavy atom. The largest absolute Gasteiger partial charge is 0.309 e. The molecule has 0 N–H and O–H groups in total. The van der Waals surface area contributed by atoms with Gasteiger partial charge in [-0.2, -0.15) is 10.5 Å². The molecule has 0 fully saturated rings. The number of nitrogens with zero attached hydrogens (tertiary/aromatic N) is 5. The van der Waals surface area contributed by atoms with Gasteiger partial charge in [0.2, 0.25) is 0 Å². The molecule has 3 heterocycles. The monoisotopic (exact) mass is 699 g/mol. The molecule has 5 heteroatoms. The minimum Gasteiger partial charge on any atom is -0.309 e. The summed E-state index contributed by atoms with van der Waals surface area (Å²) in [6, 6.07) is 65.9. The number of benzene rings is 8. The Bertz CT molecular complexity index is 3420. The van der Waals surface area contributed by atoms with Crippen LogP contribution < -0.4 is 0 Å². The van der Waals surface area contributed by atoms with E-state index in [2.05, 4.69) is 165 Å². The second-order valence-electron chi connectivity index (χ2n) is 13.9. The molecule has 0 saturated heterocycles. The van der Waals surface area contributed by atoms with Gasteiger partial charge in [0.15, 0.2) is 0 Å². The number of rotatable bonds is 4. The van der Waals surface area contributed by atoms with Crippen LogP contribution in [0.25, 0.3) is 93.6 Å². The molecule has 3 aromatic heterocycles. The molecule has 254 valence electrons. The average molecular weight is 700 g/mol. The molecule has 0 aliphatic heterocycles. The van der Waals surface area contributed by atoms with Crippen molar-refractivity contribution in [3.63, 3.8) is 0 Å². The van der Waals surface area contributed by atoms with Crippen LogP contribution in [0.5, 0.6) is 0 Å². The van der Waals surface area contributed by atoms with Crippen molar-refractivity contribution in [2.75, 3.05) is 0 Å². The van der Waals surface area contributed by atoms with E-state index in [1.165, 1.54) is 10.8 Å². The van der Waals surface area contributed by atoms with Gasteiger partial charge in [-0.05, 0) is 78.4 Å². The van der Waals surface area contributed by atoms with Gasteiger partial charge in [-0.3, -0.25) is 0 Å². The van der Waals surface area contributed by atoms with Gasteiger partial charge in [-0.1, -0.05) is 103 Å². The Labute approximate surface area is 316 Å². The lowest BCUT2D eigenvalue weighted by Gasteiger charge is -2.16. The normalized spacial score (nSPS) is 11.6. The lowest BCUT2D eigenvalue weighted by molar-refractivity contribution is 1.15. The quantitative estimate of drug-likeness (QED) is 0.184. The van der Waals surface area contributed by atoms with Gasteiger partial charge in [0.05, 0.1) is 61.7 Å². The number of fused-ring (bicyclic) bond motifs is 9. The summed E-state index contributed by atoms with van der Waals surface area (Å²) in [5, 5.41) is 27.3. The van der Waals surface area contributed by atoms with Crippen LogP contribution >= 0.6 is 0 Å². The van der Waals surface area contributed by atoms with E-state index >= 15 is 0 Å². The van der Waals surface area contributed by atoms with Crippen LogP contribution in [0.15, 0.2) is 176 Å². The highest BCUT2D eigenvalue weighted by atomic mass is 15.0. The van der Waals surface area contributed by atoms with E-state index in [9.17, 15) is 10.5 Å². The Morgan fingerprint density at radius 2 is 0.873 bits per heavy atom. The van der Waals surface area contributed by atoms with E-state index < -0.39 is 0 Å². The first-order chi connectivity index (χ1) is 27.2. The fourth-order valence-corrected chi connectivity index (χ4v) is 8.82. The van der Waals surface area contributed by atoms with Gasteiger partial charge in [0.1, 0.15) is 6.07 Å². The lowest BCUT2D eigenvalue weighted by atomic mass is 10.00. The van der Waals surface area contributed by atoms with Crippen LogP contribution in [-0.4, -0.2) is 13.7 Å². The molecular weight excluding hydrogens is 671 g/mol. The van der Waals surface area contributed by atoms with Crippen molar-refractivity contribution in [2.45, 2.75) is 0 Å². The first-order valence-corrected chi connectivity index (χ1v) is 18.3. The highest BCUT2D eigenvalue weighted by Crippen LogP contribution is 2.41. The third-order valence-electron chi connectivity index (χ3n) is 11.1. The minimum absolute atomic E-state index is 0.589. The molecule has 0 saturated carbocycles. The van der Waals surface area contributed by atoms with E-state index in [0.29, 0.717) is 11.1 Å². The van der Waals surface area contributed by atoms with Crippen molar-refractivity contribution in [1.82, 2.24) is 13.7 Å². The van der Waals surface area contributed by atoms with Gasteiger partial charge >= 0.3 is 0 Å². The van der Waals surface area contributed by atoms with Crippen LogP contribution in [0.3, 0.4) is 0 Å². The predicted molar refractivity (Wildman–Crippen MR) is 224 cm³/mol. The molecule has 0 unspecified atom stereocenters. The molecule has 0 aliphatic carbocycles. The summed E-state index contributed by atoms with van der Waals surface area (Å²) >= 11 is 0. The summed E-state index contributed by atoms with van der Waals surface area (Å²) in [7, 11) is 0. The number of para-hydroxylation sites is 5. The molecule has 11 rings (SSSR count). The van der Waals surface area contributed by atoms with Crippen LogP contribution in [0.2, 0.25) is 0 Å². The first kappa shape index (κ1) is 30.7. The summed E-state index contributed by atoms with van der Waals surface area (Å²) in [4.78, 5) is 0. The Morgan fingerprint density at radius 1 is 0.345 bits per heavy atom. The molecule has 8 aromatic carbocycles. The molecule has 0 amide bonds. The highest BCUT2D eigenvalue weighted by molar-refractivity contribution is 6.14. The van der Waals surface area contributed by atoms with Crippen LogP contribution in [0.4, 0.5) is 0 Å². The Kier molecular flexibility index (Phi) is 6.61. The van der Waals surface area contributed by atoms with Crippen molar-refractivity contribution in [3.05, 3.63) is 187 Å². The van der Waals surface area contributed by atoms with Gasteiger partial charge in [-0.15, -0.1) is 0 Å². The molecule has 0 aliphatic rings. The topological polar surface area (TPSA) is 62.4 Å². The lowest BCUT2D eigenvalue weighted by Crippen LogP contribution is -2.01. The maximum absolute atomic E-state index is 10.6. The van der Waals surface area contributed by atoms with E-state index in [-0.39, 0.29) is 0 Å². The Balaban J connectivity index is 1.15. The second-order valence-corrected chi connectivity index (χ2v) is 13.9. The Hall–Kier alpha value is -7.86. The summed E-state index contributed by atoms with van der Waals surface area (Å²) in [5.74, 6) is 0. The fraction of sp³-hybridized carbons (Fsp3) is 0. The number of hydrogen-bond donors (Lipinski definition) is 0. The maximum Gasteiger partial charge on any atom is 0.101 e. The second kappa shape index (κ2) is 11.8. The maximum atomic E-state index is 10.6. The van der Waals surface area contributed by atoms with Crippen molar-refractivity contribution in [1.29, 1.82) is 10.5 Å². The van der Waals surface area contributed by atoms with Crippen LogP contribution in [0.1, 0.15) is 11.1 Å². The summed E-state index contributed by atoms with van der Waals surface area (Å²) < 4.78 is 6.85. The number of aromatic nitrogens is 3. The number of hydrogen-bond acceptors (Lipinski definition) is 2. The highest BCUT2D eigenvalue weighted by Gasteiger charge is 2.21. The van der Waals surface area contributed by atoms with Gasteiger partial charge in [0, 0.05) is 43.6 Å². The standard InChI is InChI=1S/C50H29N5/c51-30-33-25-24-32(36-13-1-6-18-42(36)54-46-22-10-5-17-40(46)50-34(31-52)12-11-23-48(50)54)28-49(33)55-45-21-9-4-16-39(45)41-29-35(26-27-47(41)55)53-43-19-7-2-14-37(43)38-15-3-8-20-44(38)53/h1-29H. The molecule has 55 heavy (non-hydrogen) atoms. The summed E-state index contributed by atoms with van der Waals surface area (Å²) in [6.07, 6.45) is 0. The number of nitriles is 2. The van der Waals surface area contributed by atoms with Crippen LogP contribution in [0, 0.1) is 22.7 Å². The average Bonchev–Trinajstić information content (AvgIpc) is 3.89. The van der Waals surface area contributed by atoms with Crippen molar-refractivity contribution in [2.24, 2.45) is 0 Å². The third kappa shape index (κ3) is 4.39. The van der Waals surface area contributed by atoms with Gasteiger partial charge in [-0.25, -0.2) is 0 Å². The molecule has 0 spiro atoms.